The normalized spacial score (nSPS) is 16.6. The Morgan fingerprint density at radius 2 is 2.17 bits per heavy atom. The van der Waals surface area contributed by atoms with Crippen molar-refractivity contribution in [3.8, 4) is 5.75 Å². The Kier molecular flexibility index (Phi) is 4.76. The van der Waals surface area contributed by atoms with Gasteiger partial charge in [-0.25, -0.2) is 14.2 Å². The van der Waals surface area contributed by atoms with Crippen LogP contribution in [-0.4, -0.2) is 27.7 Å². The molecule has 1 aromatic carbocycles. The smallest absolute Gasteiger partial charge is 0.354 e. The Hall–Kier alpha value is -2.47. The molecule has 3 rings (SSSR count). The summed E-state index contributed by atoms with van der Waals surface area (Å²) in [6.07, 6.45) is 3.16. The lowest BCUT2D eigenvalue weighted by molar-refractivity contribution is 0.0690. The molecule has 1 aliphatic rings. The fourth-order valence-corrected chi connectivity index (χ4v) is 3.13. The number of phenolic OH excluding ortho intramolecular Hbond substituents is 1. The minimum absolute atomic E-state index is 0.0686. The van der Waals surface area contributed by atoms with Gasteiger partial charge in [0.1, 0.15) is 17.3 Å². The maximum atomic E-state index is 13.2. The monoisotopic (exact) mass is 330 g/mol. The molecule has 5 nitrogen and oxygen atoms in total. The number of rotatable bonds is 5. The van der Waals surface area contributed by atoms with E-state index >= 15 is 0 Å². The Balaban J connectivity index is 1.67. The summed E-state index contributed by atoms with van der Waals surface area (Å²) in [6.45, 7) is 0.585. The first-order valence-corrected chi connectivity index (χ1v) is 7.98. The predicted molar refractivity (Wildman–Crippen MR) is 86.6 cm³/mol. The number of benzene rings is 1. The van der Waals surface area contributed by atoms with Crippen molar-refractivity contribution in [2.24, 2.45) is 0 Å². The van der Waals surface area contributed by atoms with Gasteiger partial charge < -0.3 is 15.5 Å². The molecule has 0 aliphatic heterocycles. The molecule has 3 N–H and O–H groups in total. The van der Waals surface area contributed by atoms with Gasteiger partial charge in [0, 0.05) is 11.7 Å². The molecule has 1 heterocycles. The van der Waals surface area contributed by atoms with Gasteiger partial charge in [-0.1, -0.05) is 6.07 Å². The summed E-state index contributed by atoms with van der Waals surface area (Å²) in [6, 6.07) is 7.38. The predicted octanol–water partition coefficient (Wildman–Crippen LogP) is 2.83. The highest BCUT2D eigenvalue weighted by Gasteiger charge is 2.22. The molecule has 0 bridgehead atoms. The van der Waals surface area contributed by atoms with Crippen LogP contribution in [0.25, 0.3) is 0 Å². The number of carboxylic acids is 1. The van der Waals surface area contributed by atoms with Crippen molar-refractivity contribution in [1.82, 2.24) is 10.3 Å². The van der Waals surface area contributed by atoms with Crippen LogP contribution < -0.4 is 5.32 Å². The fourth-order valence-electron chi connectivity index (χ4n) is 3.13. The quantitative estimate of drug-likeness (QED) is 0.785. The zero-order chi connectivity index (χ0) is 17.1. The first-order valence-electron chi connectivity index (χ1n) is 7.98. The topological polar surface area (TPSA) is 82.5 Å². The molecule has 6 heteroatoms. The Labute approximate surface area is 139 Å². The van der Waals surface area contributed by atoms with E-state index < -0.39 is 5.97 Å². The van der Waals surface area contributed by atoms with E-state index in [2.05, 4.69) is 10.3 Å². The van der Waals surface area contributed by atoms with E-state index in [1.54, 1.807) is 0 Å². The number of hydrogen-bond donors (Lipinski definition) is 3. The lowest BCUT2D eigenvalue weighted by atomic mass is 9.91. The Morgan fingerprint density at radius 1 is 1.33 bits per heavy atom. The van der Waals surface area contributed by atoms with Gasteiger partial charge in [0.05, 0.1) is 0 Å². The van der Waals surface area contributed by atoms with Crippen molar-refractivity contribution in [2.75, 3.05) is 6.54 Å². The summed E-state index contributed by atoms with van der Waals surface area (Å²) in [5, 5.41) is 22.2. The minimum atomic E-state index is -1.02. The number of halogens is 1. The summed E-state index contributed by atoms with van der Waals surface area (Å²) in [5.74, 6) is -1.29. The molecular weight excluding hydrogens is 311 g/mol. The zero-order valence-electron chi connectivity index (χ0n) is 13.1. The van der Waals surface area contributed by atoms with Gasteiger partial charge in [0.2, 0.25) is 0 Å². The van der Waals surface area contributed by atoms with Crippen molar-refractivity contribution in [2.45, 2.75) is 31.7 Å². The molecule has 0 saturated carbocycles. The van der Waals surface area contributed by atoms with Crippen LogP contribution in [0.1, 0.15) is 46.2 Å². The molecule has 24 heavy (non-hydrogen) atoms. The molecule has 0 spiro atoms. The second-order valence-electron chi connectivity index (χ2n) is 5.96. The summed E-state index contributed by atoms with van der Waals surface area (Å²) >= 11 is 0. The van der Waals surface area contributed by atoms with E-state index in [4.69, 9.17) is 5.11 Å². The largest absolute Gasteiger partial charge is 0.508 e. The van der Waals surface area contributed by atoms with E-state index in [-0.39, 0.29) is 23.3 Å². The molecule has 1 unspecified atom stereocenters. The van der Waals surface area contributed by atoms with Crippen LogP contribution in [0.5, 0.6) is 5.75 Å². The van der Waals surface area contributed by atoms with E-state index in [9.17, 15) is 14.3 Å². The number of fused-ring (bicyclic) bond motifs is 1. The number of aromatic carboxylic acids is 1. The molecule has 1 aliphatic carbocycles. The number of carboxylic acid groups (broad SMARTS) is 1. The highest BCUT2D eigenvalue weighted by Crippen LogP contribution is 2.29. The van der Waals surface area contributed by atoms with Gasteiger partial charge in [-0.2, -0.15) is 0 Å². The molecule has 1 atom stereocenters. The third-order valence-corrected chi connectivity index (χ3v) is 4.34. The molecule has 126 valence electrons. The van der Waals surface area contributed by atoms with Crippen LogP contribution in [0.2, 0.25) is 0 Å². The van der Waals surface area contributed by atoms with Crippen molar-refractivity contribution in [1.29, 1.82) is 0 Å². The van der Waals surface area contributed by atoms with Crippen LogP contribution in [0.15, 0.2) is 30.3 Å². The van der Waals surface area contributed by atoms with E-state index in [0.717, 1.165) is 30.5 Å². The van der Waals surface area contributed by atoms with E-state index in [1.165, 1.54) is 24.3 Å². The van der Waals surface area contributed by atoms with Gasteiger partial charge in [-0.15, -0.1) is 0 Å². The third kappa shape index (κ3) is 3.54. The molecule has 0 radical (unpaired) electrons. The number of nitrogens with one attached hydrogen (secondary N) is 1. The number of aromatic hydroxyl groups is 1. The molecule has 0 saturated heterocycles. The summed E-state index contributed by atoms with van der Waals surface area (Å²) in [4.78, 5) is 15.2. The Morgan fingerprint density at radius 3 is 2.96 bits per heavy atom. The van der Waals surface area contributed by atoms with Crippen LogP contribution in [0, 0.1) is 5.82 Å². The fraction of sp³-hybridized carbons (Fsp3) is 0.333. The van der Waals surface area contributed by atoms with Gasteiger partial charge in [-0.05, 0) is 67.6 Å². The number of aromatic nitrogens is 1. The number of aryl methyl sites for hydroxylation is 1. The van der Waals surface area contributed by atoms with Crippen LogP contribution in [0.4, 0.5) is 4.39 Å². The lowest BCUT2D eigenvalue weighted by Crippen LogP contribution is -2.28. The first-order chi connectivity index (χ1) is 11.5. The minimum Gasteiger partial charge on any atom is -0.508 e. The Bertz CT molecular complexity index is 764. The van der Waals surface area contributed by atoms with Gasteiger partial charge in [0.25, 0.3) is 0 Å². The number of pyridine rings is 1. The van der Waals surface area contributed by atoms with Crippen molar-refractivity contribution in [3.05, 3.63) is 58.7 Å². The number of carbonyl (C=O) groups is 1. The maximum absolute atomic E-state index is 13.2. The average Bonchev–Trinajstić information content (AvgIpc) is 2.57. The summed E-state index contributed by atoms with van der Waals surface area (Å²) < 4.78 is 13.2. The van der Waals surface area contributed by atoms with Gasteiger partial charge in [0.15, 0.2) is 0 Å². The summed E-state index contributed by atoms with van der Waals surface area (Å²) in [5.41, 5.74) is 2.49. The second kappa shape index (κ2) is 6.97. The standard InChI is InChI=1S/C18H19FN2O3/c19-12-4-7-17(22)11(10-12)8-9-20-14-2-1-3-15-13(14)5-6-16(21-15)18(23)24/h4-7,10,14,20,22H,1-3,8-9H2,(H,23,24). The zero-order valence-corrected chi connectivity index (χ0v) is 13.1. The second-order valence-corrected chi connectivity index (χ2v) is 5.96. The van der Waals surface area contributed by atoms with Crippen LogP contribution >= 0.6 is 0 Å². The average molecular weight is 330 g/mol. The number of hydrogen-bond acceptors (Lipinski definition) is 4. The lowest BCUT2D eigenvalue weighted by Gasteiger charge is -2.26. The van der Waals surface area contributed by atoms with Crippen LogP contribution in [-0.2, 0) is 12.8 Å². The number of nitrogens with zero attached hydrogens (tertiary/aromatic N) is 1. The number of phenols is 1. The highest BCUT2D eigenvalue weighted by molar-refractivity contribution is 5.85. The van der Waals surface area contributed by atoms with Crippen LogP contribution in [0.3, 0.4) is 0 Å². The van der Waals surface area contributed by atoms with Gasteiger partial charge in [-0.3, -0.25) is 0 Å². The molecule has 2 aromatic rings. The van der Waals surface area contributed by atoms with E-state index in [0.29, 0.717) is 18.5 Å². The van der Waals surface area contributed by atoms with Gasteiger partial charge >= 0.3 is 5.97 Å². The summed E-state index contributed by atoms with van der Waals surface area (Å²) in [7, 11) is 0. The van der Waals surface area contributed by atoms with E-state index in [1.807, 2.05) is 6.07 Å². The molecular formula is C18H19FN2O3. The maximum Gasteiger partial charge on any atom is 0.354 e. The van der Waals surface area contributed by atoms with Crippen molar-refractivity contribution >= 4 is 5.97 Å². The first kappa shape index (κ1) is 16.4. The molecule has 0 fully saturated rings. The molecule has 1 aromatic heterocycles. The molecule has 0 amide bonds. The highest BCUT2D eigenvalue weighted by atomic mass is 19.1. The van der Waals surface area contributed by atoms with Crippen molar-refractivity contribution < 1.29 is 19.4 Å². The van der Waals surface area contributed by atoms with Crippen molar-refractivity contribution in [3.63, 3.8) is 0 Å². The third-order valence-electron chi connectivity index (χ3n) is 4.34. The SMILES string of the molecule is O=C(O)c1ccc2c(n1)CCCC2NCCc1cc(F)ccc1O.